The van der Waals surface area contributed by atoms with Crippen molar-refractivity contribution in [1.82, 2.24) is 29.9 Å². The van der Waals surface area contributed by atoms with Gasteiger partial charge < -0.3 is 0 Å². The van der Waals surface area contributed by atoms with Gasteiger partial charge in [-0.3, -0.25) is 0 Å². The summed E-state index contributed by atoms with van der Waals surface area (Å²) < 4.78 is 0. The Morgan fingerprint density at radius 1 is 0.280 bits per heavy atom. The van der Waals surface area contributed by atoms with Crippen molar-refractivity contribution in [3.63, 3.8) is 0 Å². The molecule has 0 N–H and O–H groups in total. The van der Waals surface area contributed by atoms with Crippen LogP contribution >= 0.6 is 21.2 Å². The molecule has 366 valence electrons. The molecule has 0 fully saturated rings. The number of fused-ring (bicyclic) bond motifs is 6. The van der Waals surface area contributed by atoms with E-state index < -0.39 is 0 Å². The molecule has 6 nitrogen and oxygen atoms in total. The van der Waals surface area contributed by atoms with Crippen LogP contribution in [-0.4, -0.2) is 29.9 Å². The number of benzene rings is 8. The molecule has 0 aliphatic carbocycles. The van der Waals surface area contributed by atoms with Crippen molar-refractivity contribution in [2.75, 3.05) is 0 Å². The highest BCUT2D eigenvalue weighted by Crippen LogP contribution is 2.44. The van der Waals surface area contributed by atoms with Gasteiger partial charge in [0.05, 0.1) is 43.6 Å². The molecular formula is C67H57N6PS. The number of thiophene rings is 1. The van der Waals surface area contributed by atoms with E-state index in [-0.39, 0.29) is 17.3 Å². The Morgan fingerprint density at radius 2 is 0.560 bits per heavy atom. The Balaban J connectivity index is 0.00000112. The molecule has 0 bridgehead atoms. The maximum Gasteiger partial charge on any atom is 0.160 e. The molecule has 75 heavy (non-hydrogen) atoms. The van der Waals surface area contributed by atoms with Crippen molar-refractivity contribution < 1.29 is 0 Å². The summed E-state index contributed by atoms with van der Waals surface area (Å²) in [5.41, 5.74) is 15.0. The van der Waals surface area contributed by atoms with Crippen molar-refractivity contribution in [3.8, 4) is 88.7 Å². The number of aromatic nitrogens is 6. The van der Waals surface area contributed by atoms with Gasteiger partial charge >= 0.3 is 0 Å². The Labute approximate surface area is 446 Å². The highest BCUT2D eigenvalue weighted by atomic mass is 32.1. The van der Waals surface area contributed by atoms with Crippen molar-refractivity contribution >= 4 is 64.8 Å². The Morgan fingerprint density at radius 3 is 0.893 bits per heavy atom. The van der Waals surface area contributed by atoms with E-state index in [1.54, 1.807) is 11.3 Å². The molecule has 0 amide bonds. The Bertz CT molecular complexity index is 3780. The lowest BCUT2D eigenvalue weighted by Gasteiger charge is -2.14. The molecule has 0 saturated carbocycles. The Hall–Kier alpha value is -8.61. The van der Waals surface area contributed by atoms with Crippen molar-refractivity contribution in [2.45, 2.75) is 35.1 Å². The van der Waals surface area contributed by atoms with Gasteiger partial charge in [0, 0.05) is 43.8 Å². The first-order valence-electron chi connectivity index (χ1n) is 24.9. The van der Waals surface area contributed by atoms with Gasteiger partial charge in [0.15, 0.2) is 11.6 Å². The number of hydrogen-bond donors (Lipinski definition) is 0. The molecule has 13 rings (SSSR count). The minimum Gasteiger partial charge on any atom is -0.245 e. The first-order valence-corrected chi connectivity index (χ1v) is 25.8. The van der Waals surface area contributed by atoms with E-state index in [1.807, 2.05) is 76.2 Å². The Kier molecular flexibility index (Phi) is 15.8. The third kappa shape index (κ3) is 9.96. The number of hydrogen-bond acceptors (Lipinski definition) is 7. The van der Waals surface area contributed by atoms with Crippen LogP contribution in [0.3, 0.4) is 0 Å². The molecule has 5 heterocycles. The van der Waals surface area contributed by atoms with Crippen molar-refractivity contribution in [2.24, 2.45) is 0 Å². The minimum atomic E-state index is 0. The van der Waals surface area contributed by atoms with E-state index in [0.29, 0.717) is 11.6 Å². The summed E-state index contributed by atoms with van der Waals surface area (Å²) in [6.45, 7) is 8.00. The second-order valence-electron chi connectivity index (χ2n) is 17.0. The summed E-state index contributed by atoms with van der Waals surface area (Å²) in [5.74, 6) is 1.27. The van der Waals surface area contributed by atoms with Gasteiger partial charge in [-0.15, -0.1) is 11.3 Å². The minimum absolute atomic E-state index is 0. The molecular weight excluding hydrogens is 952 g/mol. The van der Waals surface area contributed by atoms with E-state index >= 15 is 0 Å². The molecule has 8 heteroatoms. The molecule has 13 aromatic rings. The zero-order valence-electron chi connectivity index (χ0n) is 41.7. The highest BCUT2D eigenvalue weighted by molar-refractivity contribution is 7.19. The van der Waals surface area contributed by atoms with Gasteiger partial charge in [-0.05, 0) is 58.7 Å². The van der Waals surface area contributed by atoms with Gasteiger partial charge in [-0.25, -0.2) is 29.9 Å². The monoisotopic (exact) mass is 1010 g/mol. The zero-order valence-corrected chi connectivity index (χ0v) is 44.0. The maximum atomic E-state index is 5.42. The first-order chi connectivity index (χ1) is 36.2. The second-order valence-corrected chi connectivity index (χ2v) is 18.1. The molecule has 8 aromatic carbocycles. The van der Waals surface area contributed by atoms with Crippen molar-refractivity contribution in [3.05, 3.63) is 231 Å². The van der Waals surface area contributed by atoms with Crippen molar-refractivity contribution in [1.29, 1.82) is 0 Å². The van der Waals surface area contributed by atoms with E-state index in [0.717, 1.165) is 121 Å². The summed E-state index contributed by atoms with van der Waals surface area (Å²) in [6.07, 6.45) is 0. The molecule has 0 aliphatic heterocycles. The average molecular weight is 1010 g/mol. The quantitative estimate of drug-likeness (QED) is 0.111. The fourth-order valence-corrected chi connectivity index (χ4v) is 10.4. The van der Waals surface area contributed by atoms with Crippen LogP contribution in [0.4, 0.5) is 0 Å². The lowest BCUT2D eigenvalue weighted by Crippen LogP contribution is -1.98. The molecule has 0 aliphatic rings. The van der Waals surface area contributed by atoms with E-state index in [1.165, 1.54) is 0 Å². The van der Waals surface area contributed by atoms with Crippen LogP contribution in [0.1, 0.15) is 35.1 Å². The molecule has 5 aromatic heterocycles. The highest BCUT2D eigenvalue weighted by Gasteiger charge is 2.22. The zero-order chi connectivity index (χ0) is 49.7. The number of rotatable bonds is 8. The molecule has 1 unspecified atom stereocenters. The second kappa shape index (κ2) is 23.1. The summed E-state index contributed by atoms with van der Waals surface area (Å²) >= 11 is 1.67. The smallest absolute Gasteiger partial charge is 0.160 e. The normalized spacial score (nSPS) is 10.7. The predicted molar refractivity (Wildman–Crippen MR) is 325 cm³/mol. The summed E-state index contributed by atoms with van der Waals surface area (Å²) in [5, 5.41) is 3.89. The maximum absolute atomic E-state index is 5.42. The SMILES string of the molecule is C.CC.CC.P.c1ccc(-c2cc(-c3ccccc3)c3ccc4c(-c5ccc(-c6nc(-c7ccccc7)nc7c6ccc6c(-c8ccccc8)cc(-c8ccccc8)nc67)s5)nc(-c5ccccc5)nc4c3n2)cc1. The third-order valence-corrected chi connectivity index (χ3v) is 13.8. The molecule has 1 atom stereocenters. The average Bonchev–Trinajstić information content (AvgIpc) is 3.99. The lowest BCUT2D eigenvalue weighted by molar-refractivity contribution is 1.23. The fraction of sp³-hybridized carbons (Fsp3) is 0.0746. The number of nitrogens with zero attached hydrogens (tertiary/aromatic N) is 6. The lowest BCUT2D eigenvalue weighted by atomic mass is 9.96. The topological polar surface area (TPSA) is 77.3 Å². The largest absolute Gasteiger partial charge is 0.245 e. The third-order valence-electron chi connectivity index (χ3n) is 12.7. The van der Waals surface area contributed by atoms with Gasteiger partial charge in [0.1, 0.15) is 11.0 Å². The number of pyridine rings is 2. The van der Waals surface area contributed by atoms with Crippen LogP contribution in [0.25, 0.3) is 132 Å². The summed E-state index contributed by atoms with van der Waals surface area (Å²) in [4.78, 5) is 34.3. The predicted octanol–water partition coefficient (Wildman–Crippen LogP) is 18.8. The van der Waals surface area contributed by atoms with Crippen LogP contribution in [-0.2, 0) is 0 Å². The van der Waals surface area contributed by atoms with Gasteiger partial charge in [-0.2, -0.15) is 9.90 Å². The van der Waals surface area contributed by atoms with E-state index in [9.17, 15) is 0 Å². The van der Waals surface area contributed by atoms with Gasteiger partial charge in [0.2, 0.25) is 0 Å². The van der Waals surface area contributed by atoms with E-state index in [4.69, 9.17) is 29.9 Å². The van der Waals surface area contributed by atoms with Gasteiger partial charge in [0.25, 0.3) is 0 Å². The van der Waals surface area contributed by atoms with Crippen LogP contribution in [0.2, 0.25) is 0 Å². The van der Waals surface area contributed by atoms with Crippen LogP contribution in [0.5, 0.6) is 0 Å². The van der Waals surface area contributed by atoms with Crippen LogP contribution in [0, 0.1) is 0 Å². The summed E-state index contributed by atoms with van der Waals surface area (Å²) in [7, 11) is 0. The standard InChI is InChI=1S/C62H38N6S.2C2H6.CH4.H3P/c1-7-19-39(20-8-1)49-37-51(41-23-11-3-12-24-41)63-57-45(49)31-33-47-55(65-61(67-59(47)57)43-27-15-5-16-28-43)53-35-36-54(69-53)56-48-34-32-46-50(40-21-9-2-10-22-40)38-52(42-25-13-4-14-26-42)64-58(46)60(48)68-62(66-56)44-29-17-6-18-30-44;2*1-2;;/h1-38H;2*1-2H3;1H4;1H3. The molecule has 0 radical (unpaired) electrons. The van der Waals surface area contributed by atoms with Gasteiger partial charge in [-0.1, -0.05) is 229 Å². The summed E-state index contributed by atoms with van der Waals surface area (Å²) in [6, 6.07) is 79.7. The van der Waals surface area contributed by atoms with E-state index in [2.05, 4.69) is 182 Å². The molecule has 0 saturated heterocycles. The molecule has 0 spiro atoms. The van der Waals surface area contributed by atoms with Crippen LogP contribution < -0.4 is 0 Å². The fourth-order valence-electron chi connectivity index (χ4n) is 9.38. The first kappa shape index (κ1) is 51.3. The van der Waals surface area contributed by atoms with Crippen LogP contribution in [0.15, 0.2) is 231 Å².